The van der Waals surface area contributed by atoms with Gasteiger partial charge in [0.2, 0.25) is 28.9 Å². The van der Waals surface area contributed by atoms with Gasteiger partial charge in [-0.1, -0.05) is 206 Å². The van der Waals surface area contributed by atoms with Gasteiger partial charge in [-0.3, -0.25) is 24.0 Å². The van der Waals surface area contributed by atoms with Gasteiger partial charge in [0.1, 0.15) is 12.4 Å². The smallest absolute Gasteiger partial charge is 0.339 e. The Balaban J connectivity index is 0.000000146. The molecule has 7 aromatic heterocycles. The number of hydrogen-bond donors (Lipinski definition) is 0. The predicted octanol–water partition coefficient (Wildman–Crippen LogP) is 22.1. The molecular weight excluding hydrogens is 1620 g/mol. The van der Waals surface area contributed by atoms with Crippen LogP contribution >= 0.6 is 68.3 Å². The number of halogens is 1. The van der Waals surface area contributed by atoms with Crippen LogP contribution in [0.5, 0.6) is 0 Å². The lowest BCUT2D eigenvalue weighted by Crippen LogP contribution is -2.13. The molecule has 8 aromatic carbocycles. The molecule has 0 aliphatic heterocycles. The maximum Gasteiger partial charge on any atom is 0.339 e. The minimum absolute atomic E-state index is 0.0351. The Morgan fingerprint density at radius 2 is 0.605 bits per heavy atom. The van der Waals surface area contributed by atoms with Gasteiger partial charge in [-0.15, -0.1) is 56.7 Å². The number of rotatable bonds is 30. The first-order valence-electron chi connectivity index (χ1n) is 37.3. The van der Waals surface area contributed by atoms with Gasteiger partial charge in [0, 0.05) is 57.0 Å². The molecule has 0 spiro atoms. The number of carbonyl (C=O) groups is 10. The van der Waals surface area contributed by atoms with Crippen molar-refractivity contribution < 1.29 is 80.5 Å². The minimum atomic E-state index is -0.545. The number of furan rings is 2. The Labute approximate surface area is 711 Å². The van der Waals surface area contributed by atoms with Crippen LogP contribution in [-0.4, -0.2) is 85.2 Å². The van der Waals surface area contributed by atoms with Gasteiger partial charge in [0.05, 0.1) is 86.3 Å². The van der Waals surface area contributed by atoms with Crippen LogP contribution in [0, 0.1) is 0 Å². The van der Waals surface area contributed by atoms with Gasteiger partial charge in [-0.05, 0) is 153 Å². The van der Waals surface area contributed by atoms with E-state index in [0.29, 0.717) is 96.1 Å². The molecular formula is C96H75ClO17S5. The Morgan fingerprint density at radius 1 is 0.269 bits per heavy atom. The third-order valence-corrected chi connectivity index (χ3v) is 22.1. The highest BCUT2D eigenvalue weighted by Crippen LogP contribution is 2.26. The molecule has 0 N–H and O–H groups in total. The molecule has 23 heteroatoms. The van der Waals surface area contributed by atoms with E-state index in [2.05, 4.69) is 12.1 Å². The molecule has 0 bridgehead atoms. The third kappa shape index (κ3) is 25.9. The van der Waals surface area contributed by atoms with Crippen molar-refractivity contribution in [2.24, 2.45) is 0 Å². The summed E-state index contributed by atoms with van der Waals surface area (Å²) >= 11 is 13.0. The summed E-state index contributed by atoms with van der Waals surface area (Å²) in [7, 11) is 0. The van der Waals surface area contributed by atoms with Gasteiger partial charge < -0.3 is 32.5 Å². The summed E-state index contributed by atoms with van der Waals surface area (Å²) in [5, 5.41) is 9.99. The predicted molar refractivity (Wildman–Crippen MR) is 462 cm³/mol. The number of esters is 5. The zero-order valence-corrected chi connectivity index (χ0v) is 68.5. The number of hydrogen-bond acceptors (Lipinski definition) is 22. The summed E-state index contributed by atoms with van der Waals surface area (Å²) in [5.74, 6) is -2.70. The SMILES string of the molecule is O=C(OCCCc1ccccc1)c1ccccc1C(=O)c1cccs1.O=C(OCCc1cccc(Cl)c1)c1ccccc1C(=O)c1cccs1.O=C(OCCc1ccccc1)c1ccccc1C(=O)c1ccco1.O=C(OCCc1cccs1)c1ccccc1C(=O)c1cccs1.O=C(OCc1ccco1)c1ccccc1C(=O)c1cccs1. The second kappa shape index (κ2) is 45.9. The quantitative estimate of drug-likeness (QED) is 0.0176. The lowest BCUT2D eigenvalue weighted by Gasteiger charge is -2.09. The van der Waals surface area contributed by atoms with E-state index in [0.717, 1.165) is 24.0 Å². The topological polar surface area (TPSA) is 243 Å². The Bertz CT molecular complexity index is 5770. The van der Waals surface area contributed by atoms with Crippen molar-refractivity contribution >= 4 is 127 Å². The highest BCUT2D eigenvalue weighted by Gasteiger charge is 2.26. The first-order valence-corrected chi connectivity index (χ1v) is 42.0. The number of thiophene rings is 5. The highest BCUT2D eigenvalue weighted by atomic mass is 35.5. The van der Waals surface area contributed by atoms with E-state index in [9.17, 15) is 47.9 Å². The summed E-state index contributed by atoms with van der Waals surface area (Å²) in [4.78, 5) is 128. The van der Waals surface area contributed by atoms with Crippen LogP contribution in [0.4, 0.5) is 0 Å². The number of aryl methyl sites for hydroxylation is 1. The van der Waals surface area contributed by atoms with Crippen LogP contribution < -0.4 is 0 Å². The minimum Gasteiger partial charge on any atom is -0.466 e. The monoisotopic (exact) mass is 1690 g/mol. The fourth-order valence-corrected chi connectivity index (χ4v) is 15.2. The van der Waals surface area contributed by atoms with E-state index in [1.807, 2.05) is 124 Å². The van der Waals surface area contributed by atoms with E-state index >= 15 is 0 Å². The van der Waals surface area contributed by atoms with Crippen LogP contribution in [-0.2, 0) is 56.0 Å². The van der Waals surface area contributed by atoms with Crippen molar-refractivity contribution in [1.82, 2.24) is 0 Å². The van der Waals surface area contributed by atoms with Crippen LogP contribution in [0.1, 0.15) is 163 Å². The molecule has 0 atom stereocenters. The molecule has 598 valence electrons. The molecule has 7 heterocycles. The zero-order valence-electron chi connectivity index (χ0n) is 63.7. The van der Waals surface area contributed by atoms with E-state index in [1.54, 1.807) is 193 Å². The van der Waals surface area contributed by atoms with Crippen LogP contribution in [0.15, 0.2) is 339 Å². The van der Waals surface area contributed by atoms with Gasteiger partial charge in [0.15, 0.2) is 5.76 Å². The van der Waals surface area contributed by atoms with E-state index in [4.69, 9.17) is 44.1 Å². The fourth-order valence-electron chi connectivity index (χ4n) is 11.6. The summed E-state index contributed by atoms with van der Waals surface area (Å²) in [5.41, 5.74) is 6.46. The summed E-state index contributed by atoms with van der Waals surface area (Å²) in [6.07, 6.45) is 6.41. The Kier molecular flexibility index (Phi) is 33.5. The first-order chi connectivity index (χ1) is 58.2. The number of ketones is 5. The Morgan fingerprint density at radius 3 is 0.975 bits per heavy atom. The molecule has 0 saturated heterocycles. The van der Waals surface area contributed by atoms with Gasteiger partial charge in [-0.2, -0.15) is 0 Å². The maximum absolute atomic E-state index is 12.6. The number of benzene rings is 8. The molecule has 17 nitrogen and oxygen atoms in total. The van der Waals surface area contributed by atoms with Gasteiger partial charge >= 0.3 is 29.8 Å². The highest BCUT2D eigenvalue weighted by molar-refractivity contribution is 7.13. The molecule has 0 radical (unpaired) electrons. The van der Waals surface area contributed by atoms with Crippen molar-refractivity contribution in [3.05, 3.63) is 444 Å². The number of ether oxygens (including phenoxy) is 5. The molecule has 15 rings (SSSR count). The third-order valence-electron chi connectivity index (χ3n) is 17.4. The molecule has 0 aliphatic carbocycles. The van der Waals surface area contributed by atoms with E-state index in [1.165, 1.54) is 68.3 Å². The van der Waals surface area contributed by atoms with E-state index in [-0.39, 0.29) is 76.8 Å². The van der Waals surface area contributed by atoms with Crippen molar-refractivity contribution in [3.8, 4) is 0 Å². The second-order valence-electron chi connectivity index (χ2n) is 25.5. The van der Waals surface area contributed by atoms with Gasteiger partial charge in [-0.25, -0.2) is 24.0 Å². The van der Waals surface area contributed by atoms with Crippen LogP contribution in [0.3, 0.4) is 0 Å². The van der Waals surface area contributed by atoms with Crippen molar-refractivity contribution in [1.29, 1.82) is 0 Å². The lowest BCUT2D eigenvalue weighted by molar-refractivity contribution is 0.0440. The molecule has 0 unspecified atom stereocenters. The van der Waals surface area contributed by atoms with E-state index < -0.39 is 29.8 Å². The maximum atomic E-state index is 12.6. The zero-order chi connectivity index (χ0) is 83.3. The van der Waals surface area contributed by atoms with Crippen LogP contribution in [0.25, 0.3) is 0 Å². The summed E-state index contributed by atoms with van der Waals surface area (Å²) < 4.78 is 36.8. The summed E-state index contributed by atoms with van der Waals surface area (Å²) in [6.45, 7) is 1.15. The van der Waals surface area contributed by atoms with Crippen molar-refractivity contribution in [2.75, 3.05) is 26.4 Å². The van der Waals surface area contributed by atoms with Crippen LogP contribution in [0.2, 0.25) is 5.02 Å². The lowest BCUT2D eigenvalue weighted by atomic mass is 10.0. The normalized spacial score (nSPS) is 10.4. The molecule has 0 aliphatic rings. The molecule has 15 aromatic rings. The largest absolute Gasteiger partial charge is 0.466 e. The second-order valence-corrected chi connectivity index (χ2v) is 30.8. The molecule has 119 heavy (non-hydrogen) atoms. The standard InChI is InChI=1S/C21H18O3S.C20H15ClO3S.C20H16O4.C18H14O3S2.C17H12O4S/c22-20(19-13-7-15-25-19)17-11-4-5-12-18(17)21(23)24-14-6-10-16-8-2-1-3-9-16;21-15-6-3-5-14(13-15)10-11-24-20(23)17-8-2-1-7-16(17)19(22)18-9-4-12-25-18;21-19(18-11-6-13-23-18)16-9-4-5-10-17(16)20(22)24-14-12-15-7-2-1-3-8-15;19-17(16-8-4-12-23-16)14-6-1-2-7-15(14)18(20)21-10-9-13-5-3-11-22-13;18-16(15-8-4-10-22-15)13-6-1-2-7-14(13)17(19)21-11-12-5-3-9-20-12/h1-5,7-9,11-13,15H,6,10,14H2;1-9,12-13H,10-11H2;1-11,13H,12,14H2;1-8,11-12H,9-10H2;1-10H,11H2. The number of carbonyl (C=O) groups excluding carboxylic acids is 10. The average Bonchev–Trinajstić information content (AvgIpc) is 1.81. The van der Waals surface area contributed by atoms with Gasteiger partial charge in [0.25, 0.3) is 0 Å². The molecule has 0 saturated carbocycles. The summed E-state index contributed by atoms with van der Waals surface area (Å²) in [6, 6.07) is 85.7. The fraction of sp³-hybridized carbons (Fsp3) is 0.104. The van der Waals surface area contributed by atoms with Crippen molar-refractivity contribution in [3.63, 3.8) is 0 Å². The first kappa shape index (κ1) is 86.7. The van der Waals surface area contributed by atoms with Crippen molar-refractivity contribution in [2.45, 2.75) is 38.7 Å². The Hall–Kier alpha value is -13.2. The average molecular weight is 1700 g/mol. The molecule has 0 fully saturated rings. The molecule has 0 amide bonds.